The summed E-state index contributed by atoms with van der Waals surface area (Å²) in [7, 11) is 3.36. The van der Waals surface area contributed by atoms with E-state index in [0.29, 0.717) is 6.54 Å². The highest BCUT2D eigenvalue weighted by atomic mass is 16.5. The number of nitriles is 1. The quantitative estimate of drug-likeness (QED) is 0.779. The molecule has 1 amide bonds. The number of hydrogen-bond acceptors (Lipinski definition) is 3. The molecule has 17 heavy (non-hydrogen) atoms. The van der Waals surface area contributed by atoms with Crippen LogP contribution in [0.15, 0.2) is 24.3 Å². The molecular formula is C13H16N2O2. The van der Waals surface area contributed by atoms with Crippen molar-refractivity contribution in [1.82, 2.24) is 4.90 Å². The molecule has 0 spiro atoms. The van der Waals surface area contributed by atoms with Gasteiger partial charge in [0.25, 0.3) is 0 Å². The predicted octanol–water partition coefficient (Wildman–Crippen LogP) is 1.96. The fraction of sp³-hybridized carbons (Fsp3) is 0.385. The van der Waals surface area contributed by atoms with E-state index >= 15 is 0 Å². The molecule has 90 valence electrons. The summed E-state index contributed by atoms with van der Waals surface area (Å²) in [6.45, 7) is 0.550. The first-order chi connectivity index (χ1) is 8.17. The molecule has 0 fully saturated rings. The van der Waals surface area contributed by atoms with Crippen LogP contribution in [0, 0.1) is 11.3 Å². The first-order valence-electron chi connectivity index (χ1n) is 5.41. The second-order valence-electron chi connectivity index (χ2n) is 3.76. The minimum atomic E-state index is -0.0117. The topological polar surface area (TPSA) is 53.3 Å². The molecule has 0 aliphatic carbocycles. The largest absolute Gasteiger partial charge is 0.497 e. The van der Waals surface area contributed by atoms with E-state index in [1.54, 1.807) is 19.1 Å². The van der Waals surface area contributed by atoms with Crippen molar-refractivity contribution in [3.8, 4) is 11.8 Å². The predicted molar refractivity (Wildman–Crippen MR) is 64.3 cm³/mol. The Bertz CT molecular complexity index is 406. The third-order valence-corrected chi connectivity index (χ3v) is 2.46. The van der Waals surface area contributed by atoms with Crippen molar-refractivity contribution in [3.05, 3.63) is 29.8 Å². The minimum absolute atomic E-state index is 0.0117. The molecule has 0 bridgehead atoms. The zero-order valence-electron chi connectivity index (χ0n) is 10.1. The van der Waals surface area contributed by atoms with Gasteiger partial charge in [0.1, 0.15) is 5.75 Å². The molecule has 1 aromatic carbocycles. The fourth-order valence-electron chi connectivity index (χ4n) is 1.45. The highest BCUT2D eigenvalue weighted by Crippen LogP contribution is 2.12. The van der Waals surface area contributed by atoms with Crippen LogP contribution in [0.2, 0.25) is 0 Å². The maximum Gasteiger partial charge on any atom is 0.223 e. The molecular weight excluding hydrogens is 216 g/mol. The molecule has 4 heteroatoms. The fourth-order valence-corrected chi connectivity index (χ4v) is 1.45. The van der Waals surface area contributed by atoms with Crippen LogP contribution in [0.5, 0.6) is 5.75 Å². The van der Waals surface area contributed by atoms with E-state index in [2.05, 4.69) is 0 Å². The third kappa shape index (κ3) is 4.15. The van der Waals surface area contributed by atoms with E-state index in [-0.39, 0.29) is 18.7 Å². The molecule has 0 unspecified atom stereocenters. The normalized spacial score (nSPS) is 9.47. The summed E-state index contributed by atoms with van der Waals surface area (Å²) in [6.07, 6.45) is 0.551. The van der Waals surface area contributed by atoms with Gasteiger partial charge in [-0.15, -0.1) is 0 Å². The molecule has 0 atom stereocenters. The van der Waals surface area contributed by atoms with Crippen LogP contribution >= 0.6 is 0 Å². The monoisotopic (exact) mass is 232 g/mol. The Morgan fingerprint density at radius 2 is 2.06 bits per heavy atom. The molecule has 0 radical (unpaired) electrons. The molecule has 0 aromatic heterocycles. The molecule has 1 rings (SSSR count). The van der Waals surface area contributed by atoms with Gasteiger partial charge in [-0.05, 0) is 17.7 Å². The van der Waals surface area contributed by atoms with Crippen LogP contribution in [0.4, 0.5) is 0 Å². The van der Waals surface area contributed by atoms with Crippen molar-refractivity contribution >= 4 is 5.91 Å². The number of nitrogens with zero attached hydrogens (tertiary/aromatic N) is 2. The molecule has 0 saturated carbocycles. The number of amides is 1. The summed E-state index contributed by atoms with van der Waals surface area (Å²) in [5.41, 5.74) is 1.04. The van der Waals surface area contributed by atoms with Crippen LogP contribution in [0.1, 0.15) is 18.4 Å². The number of rotatable bonds is 5. The Morgan fingerprint density at radius 1 is 1.41 bits per heavy atom. The first-order valence-corrected chi connectivity index (χ1v) is 5.41. The Labute approximate surface area is 101 Å². The van der Waals surface area contributed by atoms with E-state index in [0.717, 1.165) is 11.3 Å². The average Bonchev–Trinajstić information content (AvgIpc) is 2.36. The molecule has 0 heterocycles. The Hall–Kier alpha value is -2.02. The van der Waals surface area contributed by atoms with Crippen LogP contribution in [-0.4, -0.2) is 25.0 Å². The Balaban J connectivity index is 2.52. The molecule has 0 aliphatic rings. The van der Waals surface area contributed by atoms with E-state index < -0.39 is 0 Å². The number of carbonyl (C=O) groups excluding carboxylic acids is 1. The number of benzene rings is 1. The Morgan fingerprint density at radius 3 is 2.59 bits per heavy atom. The van der Waals surface area contributed by atoms with Gasteiger partial charge in [-0.25, -0.2) is 0 Å². The lowest BCUT2D eigenvalue weighted by atomic mass is 10.2. The van der Waals surface area contributed by atoms with Gasteiger partial charge in [0.15, 0.2) is 0 Å². The average molecular weight is 232 g/mol. The number of carbonyl (C=O) groups is 1. The van der Waals surface area contributed by atoms with Gasteiger partial charge in [-0.2, -0.15) is 5.26 Å². The summed E-state index contributed by atoms with van der Waals surface area (Å²) in [5.74, 6) is 0.787. The van der Waals surface area contributed by atoms with E-state index in [4.69, 9.17) is 10.00 Å². The van der Waals surface area contributed by atoms with E-state index in [1.165, 1.54) is 0 Å². The van der Waals surface area contributed by atoms with E-state index in [1.807, 2.05) is 30.3 Å². The van der Waals surface area contributed by atoms with Crippen molar-refractivity contribution in [1.29, 1.82) is 5.26 Å². The second kappa shape index (κ2) is 6.54. The summed E-state index contributed by atoms with van der Waals surface area (Å²) >= 11 is 0. The van der Waals surface area contributed by atoms with Gasteiger partial charge in [0, 0.05) is 26.4 Å². The highest BCUT2D eigenvalue weighted by Gasteiger charge is 2.08. The summed E-state index contributed by atoms with van der Waals surface area (Å²) in [5, 5.41) is 8.41. The maximum atomic E-state index is 11.6. The highest BCUT2D eigenvalue weighted by molar-refractivity contribution is 5.76. The van der Waals surface area contributed by atoms with Gasteiger partial charge < -0.3 is 9.64 Å². The zero-order chi connectivity index (χ0) is 12.7. The molecule has 0 N–H and O–H groups in total. The zero-order valence-corrected chi connectivity index (χ0v) is 10.1. The van der Waals surface area contributed by atoms with Crippen molar-refractivity contribution in [2.75, 3.05) is 14.2 Å². The summed E-state index contributed by atoms with van der Waals surface area (Å²) in [4.78, 5) is 13.2. The van der Waals surface area contributed by atoms with Crippen LogP contribution in [0.25, 0.3) is 0 Å². The van der Waals surface area contributed by atoms with Crippen molar-refractivity contribution in [2.45, 2.75) is 19.4 Å². The summed E-state index contributed by atoms with van der Waals surface area (Å²) in [6, 6.07) is 9.54. The number of hydrogen-bond donors (Lipinski definition) is 0. The smallest absolute Gasteiger partial charge is 0.223 e. The molecule has 4 nitrogen and oxygen atoms in total. The Kier molecular flexibility index (Phi) is 5.02. The first kappa shape index (κ1) is 13.0. The lowest BCUT2D eigenvalue weighted by Crippen LogP contribution is -2.25. The van der Waals surface area contributed by atoms with Crippen molar-refractivity contribution in [2.24, 2.45) is 0 Å². The third-order valence-electron chi connectivity index (χ3n) is 2.46. The second-order valence-corrected chi connectivity index (χ2v) is 3.76. The summed E-state index contributed by atoms with van der Waals surface area (Å²) < 4.78 is 5.06. The van der Waals surface area contributed by atoms with Gasteiger partial charge >= 0.3 is 0 Å². The van der Waals surface area contributed by atoms with Crippen LogP contribution in [-0.2, 0) is 11.3 Å². The van der Waals surface area contributed by atoms with Crippen LogP contribution < -0.4 is 4.74 Å². The SMILES string of the molecule is COc1ccc(CN(C)C(=O)CCC#N)cc1. The van der Waals surface area contributed by atoms with Crippen molar-refractivity contribution in [3.63, 3.8) is 0 Å². The van der Waals surface area contributed by atoms with Gasteiger partial charge in [0.05, 0.1) is 13.2 Å². The van der Waals surface area contributed by atoms with Gasteiger partial charge in [-0.1, -0.05) is 12.1 Å². The molecule has 1 aromatic rings. The molecule has 0 saturated heterocycles. The molecule has 0 aliphatic heterocycles. The number of ether oxygens (including phenoxy) is 1. The van der Waals surface area contributed by atoms with E-state index in [9.17, 15) is 4.79 Å². The minimum Gasteiger partial charge on any atom is -0.497 e. The lowest BCUT2D eigenvalue weighted by molar-refractivity contribution is -0.130. The lowest BCUT2D eigenvalue weighted by Gasteiger charge is -2.16. The van der Waals surface area contributed by atoms with Crippen LogP contribution in [0.3, 0.4) is 0 Å². The standard InChI is InChI=1S/C13H16N2O2/c1-15(13(16)4-3-9-14)10-11-5-7-12(17-2)8-6-11/h5-8H,3-4,10H2,1-2H3. The van der Waals surface area contributed by atoms with Gasteiger partial charge in [-0.3, -0.25) is 4.79 Å². The van der Waals surface area contributed by atoms with Gasteiger partial charge in [0.2, 0.25) is 5.91 Å². The maximum absolute atomic E-state index is 11.6. The van der Waals surface area contributed by atoms with Crippen molar-refractivity contribution < 1.29 is 9.53 Å². The number of methoxy groups -OCH3 is 1.